The number of carbonyl (C=O) groups is 1. The van der Waals surface area contributed by atoms with Crippen LogP contribution in [-0.2, 0) is 69.9 Å². The van der Waals surface area contributed by atoms with E-state index in [0.29, 0.717) is 157 Å². The second-order valence-electron chi connectivity index (χ2n) is 16.6. The monoisotopic (exact) mass is 1020 g/mol. The van der Waals surface area contributed by atoms with E-state index in [4.69, 9.17) is 73.7 Å². The lowest BCUT2D eigenvalue weighted by Crippen LogP contribution is -2.55. The van der Waals surface area contributed by atoms with Gasteiger partial charge in [-0.2, -0.15) is 0 Å². The van der Waals surface area contributed by atoms with E-state index >= 15 is 0 Å². The SMILES string of the molecule is O=CCCOCCOCCOCCOCCn1cc(COCCOCCOCCOCCOC2=CCC(C3CN(C4=NC(Cl)NC5=C4CNN5[C@H]4C[C@H](O)C(C/C=C/CP(=O)(O)O)O4)C3)C=C2)nn1. The first-order valence-electron chi connectivity index (χ1n) is 23.6. The molecule has 5 heterocycles. The molecule has 3 unspecified atom stereocenters. The predicted molar refractivity (Wildman–Crippen MR) is 249 cm³/mol. The summed E-state index contributed by atoms with van der Waals surface area (Å²) in [6, 6.07) is 0. The predicted octanol–water partition coefficient (Wildman–Crippen LogP) is 1.06. The fourth-order valence-corrected chi connectivity index (χ4v) is 8.46. The van der Waals surface area contributed by atoms with Crippen molar-refractivity contribution >= 4 is 31.3 Å². The highest BCUT2D eigenvalue weighted by Gasteiger charge is 2.44. The van der Waals surface area contributed by atoms with Crippen LogP contribution in [0.25, 0.3) is 0 Å². The number of amidine groups is 1. The van der Waals surface area contributed by atoms with Gasteiger partial charge in [-0.3, -0.25) is 9.57 Å². The van der Waals surface area contributed by atoms with E-state index < -0.39 is 31.7 Å². The van der Waals surface area contributed by atoms with Gasteiger partial charge in [0, 0.05) is 38.4 Å². The number of carbonyl (C=O) groups excluding carboxylic acids is 1. The molecule has 388 valence electrons. The number of ether oxygens (including phenoxy) is 10. The molecule has 0 saturated carbocycles. The maximum Gasteiger partial charge on any atom is 0.329 e. The average Bonchev–Trinajstić information content (AvgIpc) is 4.06. The van der Waals surface area contributed by atoms with Crippen molar-refractivity contribution in [1.29, 1.82) is 0 Å². The normalized spacial score (nSPS) is 22.9. The van der Waals surface area contributed by atoms with Crippen molar-refractivity contribution in [3.63, 3.8) is 0 Å². The highest BCUT2D eigenvalue weighted by molar-refractivity contribution is 7.51. The van der Waals surface area contributed by atoms with E-state index in [0.717, 1.165) is 54.5 Å². The van der Waals surface area contributed by atoms with Gasteiger partial charge in [-0.1, -0.05) is 35.0 Å². The van der Waals surface area contributed by atoms with Crippen molar-refractivity contribution in [2.24, 2.45) is 16.8 Å². The van der Waals surface area contributed by atoms with Gasteiger partial charge >= 0.3 is 7.60 Å². The Kier molecular flexibility index (Phi) is 24.3. The minimum atomic E-state index is -4.12. The van der Waals surface area contributed by atoms with Crippen molar-refractivity contribution in [3.8, 4) is 0 Å². The molecule has 1 aromatic rings. The molecule has 23 nitrogen and oxygen atoms in total. The van der Waals surface area contributed by atoms with Crippen molar-refractivity contribution in [2.75, 3.05) is 132 Å². The summed E-state index contributed by atoms with van der Waals surface area (Å²) in [7, 11) is -4.12. The summed E-state index contributed by atoms with van der Waals surface area (Å²) < 4.78 is 69.1. The fourth-order valence-electron chi connectivity index (χ4n) is 7.84. The number of hydrogen-bond donors (Lipinski definition) is 5. The minimum Gasteiger partial charge on any atom is -0.492 e. The molecule has 2 saturated heterocycles. The number of halogens is 1. The van der Waals surface area contributed by atoms with Gasteiger partial charge in [0.2, 0.25) is 0 Å². The number of alkyl halides is 1. The molecule has 0 bridgehead atoms. The third-order valence-electron chi connectivity index (χ3n) is 11.4. The summed E-state index contributed by atoms with van der Waals surface area (Å²) in [6.45, 7) is 10.5. The molecule has 1 aliphatic carbocycles. The molecule has 0 spiro atoms. The molecule has 25 heteroatoms. The highest BCUT2D eigenvalue weighted by Crippen LogP contribution is 2.37. The van der Waals surface area contributed by atoms with Gasteiger partial charge in [-0.25, -0.2) is 15.1 Å². The number of aromatic nitrogens is 3. The Balaban J connectivity index is 0.712. The minimum absolute atomic E-state index is 0.337. The molecule has 0 amide bonds. The number of nitrogens with zero attached hydrogens (tertiary/aromatic N) is 6. The Labute approximate surface area is 408 Å². The van der Waals surface area contributed by atoms with Crippen LogP contribution in [0.5, 0.6) is 0 Å². The third-order valence-corrected chi connectivity index (χ3v) is 12.3. The molecule has 5 N–H and O–H groups in total. The third kappa shape index (κ3) is 19.6. The number of nitrogens with one attached hydrogen (secondary N) is 2. The van der Waals surface area contributed by atoms with Crippen LogP contribution in [0.3, 0.4) is 0 Å². The Morgan fingerprint density at radius 3 is 2.13 bits per heavy atom. The zero-order valence-corrected chi connectivity index (χ0v) is 40.8. The van der Waals surface area contributed by atoms with Gasteiger partial charge in [0.1, 0.15) is 42.2 Å². The topological polar surface area (TPSA) is 261 Å². The number of likely N-dealkylation sites (tertiary alicyclic amines) is 1. The summed E-state index contributed by atoms with van der Waals surface area (Å²) in [5, 5.41) is 24.0. The quantitative estimate of drug-likeness (QED) is 0.0157. The largest absolute Gasteiger partial charge is 0.492 e. The molecular weight excluding hydrogens is 947 g/mol. The number of aldehydes is 1. The molecule has 69 heavy (non-hydrogen) atoms. The summed E-state index contributed by atoms with van der Waals surface area (Å²) in [6.07, 6.45) is 12.1. The lowest BCUT2D eigenvalue weighted by molar-refractivity contribution is -0.109. The molecule has 5 atom stereocenters. The van der Waals surface area contributed by atoms with Crippen molar-refractivity contribution in [3.05, 3.63) is 59.4 Å². The number of hydrogen-bond acceptors (Lipinski definition) is 20. The number of aliphatic hydroxyl groups is 1. The second-order valence-corrected chi connectivity index (χ2v) is 18.7. The van der Waals surface area contributed by atoms with Gasteiger partial charge in [0.05, 0.1) is 142 Å². The van der Waals surface area contributed by atoms with Crippen LogP contribution in [0, 0.1) is 11.8 Å². The Morgan fingerprint density at radius 2 is 1.49 bits per heavy atom. The van der Waals surface area contributed by atoms with Crippen LogP contribution in [0.15, 0.2) is 58.7 Å². The van der Waals surface area contributed by atoms with E-state index in [-0.39, 0.29) is 6.16 Å². The zero-order valence-electron chi connectivity index (χ0n) is 39.1. The van der Waals surface area contributed by atoms with E-state index in [9.17, 15) is 14.5 Å². The molecule has 5 aliphatic rings. The maximum absolute atomic E-state index is 11.1. The molecule has 6 rings (SSSR count). The summed E-state index contributed by atoms with van der Waals surface area (Å²) >= 11 is 6.57. The van der Waals surface area contributed by atoms with Crippen LogP contribution in [0.4, 0.5) is 0 Å². The van der Waals surface area contributed by atoms with Crippen LogP contribution < -0.4 is 10.7 Å². The average molecular weight is 1020 g/mol. The molecule has 0 radical (unpaired) electrons. The highest BCUT2D eigenvalue weighted by atomic mass is 35.5. The second kappa shape index (κ2) is 30.5. The lowest BCUT2D eigenvalue weighted by atomic mass is 9.81. The van der Waals surface area contributed by atoms with Crippen molar-refractivity contribution in [2.45, 2.75) is 62.9 Å². The number of aliphatic imine (C=N–C) groups is 1. The molecule has 2 fully saturated rings. The first kappa shape index (κ1) is 55.0. The van der Waals surface area contributed by atoms with Crippen LogP contribution in [0.1, 0.15) is 31.4 Å². The van der Waals surface area contributed by atoms with Gasteiger partial charge in [0.25, 0.3) is 0 Å². The van der Waals surface area contributed by atoms with E-state index in [2.05, 4.69) is 38.1 Å². The summed E-state index contributed by atoms with van der Waals surface area (Å²) in [4.78, 5) is 35.4. The standard InChI is InChI=1S/C44H70ClN8O15P/c45-44-47-42(38-29-46-53(43(38)48-44)41-28-39(55)40(68-41)4-1-2-27-69(56,57)58)51-30-35(31-51)34-5-7-37(8-6-34)67-26-25-65-22-21-63-19-20-64-23-24-66-33-36-32-52(50-49-36)9-12-60-14-16-62-18-17-61-15-13-59-11-3-10-54/h1-2,5,7-8,10,32,34-35,39-41,44,46,48,55H,3-4,6,9,11-31,33H2,(H2,56,57,58)/b2-1+/t34?,39-,40?,41+,44?/m0/s1. The van der Waals surface area contributed by atoms with Crippen molar-refractivity contribution in [1.82, 2.24) is 35.6 Å². The first-order valence-corrected chi connectivity index (χ1v) is 25.9. The summed E-state index contributed by atoms with van der Waals surface area (Å²) in [5.74, 6) is 3.33. The molecule has 0 aromatic carbocycles. The fraction of sp³-hybridized carbons (Fsp3) is 0.727. The van der Waals surface area contributed by atoms with E-state index in [1.54, 1.807) is 10.8 Å². The summed E-state index contributed by atoms with van der Waals surface area (Å²) in [5.41, 5.74) is 4.43. The van der Waals surface area contributed by atoms with E-state index in [1.807, 2.05) is 17.3 Å². The molecular formula is C44H70ClN8O15P. The van der Waals surface area contributed by atoms with Gasteiger partial charge in [0.15, 0.2) is 5.62 Å². The van der Waals surface area contributed by atoms with Crippen LogP contribution in [0.2, 0.25) is 0 Å². The molecule has 4 aliphatic heterocycles. The Hall–Kier alpha value is -3.36. The van der Waals surface area contributed by atoms with Gasteiger partial charge in [-0.05, 0) is 30.9 Å². The lowest BCUT2D eigenvalue weighted by Gasteiger charge is -2.46. The van der Waals surface area contributed by atoms with Crippen molar-refractivity contribution < 1.29 is 71.6 Å². The Morgan fingerprint density at radius 1 is 0.855 bits per heavy atom. The maximum atomic E-state index is 11.1. The smallest absolute Gasteiger partial charge is 0.329 e. The Bertz CT molecular complexity index is 1880. The first-order chi connectivity index (χ1) is 33.7. The van der Waals surface area contributed by atoms with Crippen LogP contribution in [-0.4, -0.2) is 207 Å². The van der Waals surface area contributed by atoms with E-state index in [1.165, 1.54) is 6.08 Å². The van der Waals surface area contributed by atoms with Gasteiger partial charge in [-0.15, -0.1) is 5.10 Å². The number of allylic oxidation sites excluding steroid dienone is 4. The van der Waals surface area contributed by atoms with Gasteiger partial charge < -0.3 is 77.3 Å². The number of hydrazine groups is 1. The molecule has 1 aromatic heterocycles. The number of aliphatic hydroxyl groups excluding tert-OH is 1. The number of rotatable bonds is 36. The van der Waals surface area contributed by atoms with Crippen LogP contribution >= 0.6 is 19.2 Å². The zero-order chi connectivity index (χ0) is 48.5.